The Morgan fingerprint density at radius 2 is 1.82 bits per heavy atom. The molecule has 3 rings (SSSR count). The Morgan fingerprint density at radius 3 is 2.41 bits per heavy atom. The fourth-order valence-corrected chi connectivity index (χ4v) is 3.08. The predicted molar refractivity (Wildman–Crippen MR) is 90.2 cm³/mol. The molecule has 0 bridgehead atoms. The molecule has 4 nitrogen and oxygen atoms in total. The Labute approximate surface area is 136 Å². The van der Waals surface area contributed by atoms with Gasteiger partial charge in [0.2, 0.25) is 0 Å². The lowest BCUT2D eigenvalue weighted by atomic mass is 10.0. The number of hydrogen-bond acceptors (Lipinski definition) is 4. The van der Waals surface area contributed by atoms with Gasteiger partial charge in [0.05, 0.1) is 0 Å². The average molecular weight is 317 g/mol. The molecule has 1 saturated heterocycles. The normalized spacial score (nSPS) is 17.5. The van der Waals surface area contributed by atoms with E-state index in [1.54, 1.807) is 12.5 Å². The highest BCUT2D eigenvalue weighted by atomic mass is 35.5. The van der Waals surface area contributed by atoms with Crippen molar-refractivity contribution in [3.63, 3.8) is 0 Å². The predicted octanol–water partition coefficient (Wildman–Crippen LogP) is 3.10. The maximum atomic E-state index is 5.86. The maximum absolute atomic E-state index is 5.86. The van der Waals surface area contributed by atoms with Crippen molar-refractivity contribution in [1.82, 2.24) is 14.9 Å². The van der Waals surface area contributed by atoms with Crippen LogP contribution in [-0.2, 0) is 5.88 Å². The number of nitrogens with zero attached hydrogens (tertiary/aromatic N) is 4. The maximum Gasteiger partial charge on any atom is 0.131 e. The minimum atomic E-state index is 0.428. The van der Waals surface area contributed by atoms with Crippen molar-refractivity contribution in [2.75, 3.05) is 31.1 Å². The van der Waals surface area contributed by atoms with E-state index in [1.807, 2.05) is 6.07 Å². The summed E-state index contributed by atoms with van der Waals surface area (Å²) in [7, 11) is 0. The molecule has 0 spiro atoms. The van der Waals surface area contributed by atoms with E-state index in [1.165, 1.54) is 11.1 Å². The molecule has 0 unspecified atom stereocenters. The average Bonchev–Trinajstić information content (AvgIpc) is 2.62. The minimum absolute atomic E-state index is 0.428. The summed E-state index contributed by atoms with van der Waals surface area (Å²) in [6, 6.07) is 11.0. The van der Waals surface area contributed by atoms with Gasteiger partial charge in [-0.15, -0.1) is 11.6 Å². The van der Waals surface area contributed by atoms with Crippen LogP contribution in [0.3, 0.4) is 0 Å². The Morgan fingerprint density at radius 1 is 1.09 bits per heavy atom. The molecule has 1 aromatic heterocycles. The molecule has 1 fully saturated rings. The van der Waals surface area contributed by atoms with Gasteiger partial charge in [-0.3, -0.25) is 4.90 Å². The van der Waals surface area contributed by atoms with Crippen molar-refractivity contribution in [2.24, 2.45) is 0 Å². The molecule has 116 valence electrons. The second kappa shape index (κ2) is 7.07. The molecule has 1 aromatic carbocycles. The van der Waals surface area contributed by atoms with Crippen LogP contribution in [0.5, 0.6) is 0 Å². The van der Waals surface area contributed by atoms with E-state index in [2.05, 4.69) is 51.0 Å². The van der Waals surface area contributed by atoms with Crippen molar-refractivity contribution in [3.8, 4) is 0 Å². The van der Waals surface area contributed by atoms with Crippen molar-refractivity contribution in [2.45, 2.75) is 18.8 Å². The zero-order valence-electron chi connectivity index (χ0n) is 12.8. The molecule has 0 amide bonds. The number of benzene rings is 1. The van der Waals surface area contributed by atoms with Crippen molar-refractivity contribution in [1.29, 1.82) is 0 Å². The summed E-state index contributed by atoms with van der Waals surface area (Å²) >= 11 is 5.86. The molecule has 1 aliphatic rings. The van der Waals surface area contributed by atoms with E-state index in [-0.39, 0.29) is 0 Å². The monoisotopic (exact) mass is 316 g/mol. The summed E-state index contributed by atoms with van der Waals surface area (Å²) in [6.45, 7) is 6.36. The van der Waals surface area contributed by atoms with Crippen LogP contribution in [0, 0.1) is 0 Å². The number of hydrogen-bond donors (Lipinski definition) is 0. The van der Waals surface area contributed by atoms with Crippen LogP contribution in [0.15, 0.2) is 42.9 Å². The summed E-state index contributed by atoms with van der Waals surface area (Å²) in [5.74, 6) is 1.60. The zero-order valence-corrected chi connectivity index (χ0v) is 13.6. The highest BCUT2D eigenvalue weighted by molar-refractivity contribution is 6.17. The van der Waals surface area contributed by atoms with Gasteiger partial charge in [0.25, 0.3) is 0 Å². The number of aromatic nitrogens is 2. The third-order valence-electron chi connectivity index (χ3n) is 4.37. The molecule has 2 aromatic rings. The summed E-state index contributed by atoms with van der Waals surface area (Å²) in [4.78, 5) is 13.2. The lowest BCUT2D eigenvalue weighted by Crippen LogP contribution is -2.47. The first-order chi connectivity index (χ1) is 10.8. The van der Waals surface area contributed by atoms with Crippen molar-refractivity contribution in [3.05, 3.63) is 54.0 Å². The number of anilines is 1. The van der Waals surface area contributed by atoms with Crippen LogP contribution >= 0.6 is 11.6 Å². The molecule has 22 heavy (non-hydrogen) atoms. The standard InChI is InChI=1S/C17H21ClN4/c1-14(16-4-2-15(12-18)3-5-16)21-8-10-22(11-9-21)17-6-7-19-13-20-17/h2-7,13-14H,8-12H2,1H3/t14-/m1/s1. The van der Waals surface area contributed by atoms with Gasteiger partial charge in [-0.05, 0) is 24.1 Å². The molecular formula is C17H21ClN4. The zero-order chi connectivity index (χ0) is 15.4. The lowest BCUT2D eigenvalue weighted by Gasteiger charge is -2.38. The minimum Gasteiger partial charge on any atom is -0.354 e. The van der Waals surface area contributed by atoms with Gasteiger partial charge in [0, 0.05) is 44.3 Å². The first-order valence-electron chi connectivity index (χ1n) is 7.68. The van der Waals surface area contributed by atoms with Gasteiger partial charge >= 0.3 is 0 Å². The molecule has 1 atom stereocenters. The quantitative estimate of drug-likeness (QED) is 0.811. The Hall–Kier alpha value is -1.65. The highest BCUT2D eigenvalue weighted by Gasteiger charge is 2.22. The Bertz CT molecular complexity index is 579. The van der Waals surface area contributed by atoms with Gasteiger partial charge in [0.1, 0.15) is 12.1 Å². The first kappa shape index (κ1) is 15.3. The van der Waals surface area contributed by atoms with Crippen LogP contribution in [-0.4, -0.2) is 41.0 Å². The molecule has 5 heteroatoms. The fraction of sp³-hybridized carbons (Fsp3) is 0.412. The topological polar surface area (TPSA) is 32.3 Å². The third-order valence-corrected chi connectivity index (χ3v) is 4.68. The molecule has 0 saturated carbocycles. The molecule has 0 radical (unpaired) electrons. The Kier molecular flexibility index (Phi) is 4.90. The summed E-state index contributed by atoms with van der Waals surface area (Å²) < 4.78 is 0. The first-order valence-corrected chi connectivity index (χ1v) is 8.21. The van der Waals surface area contributed by atoms with Crippen LogP contribution in [0.25, 0.3) is 0 Å². The smallest absolute Gasteiger partial charge is 0.131 e. The largest absolute Gasteiger partial charge is 0.354 e. The molecule has 1 aliphatic heterocycles. The number of piperazine rings is 1. The van der Waals surface area contributed by atoms with Crippen LogP contribution in [0.1, 0.15) is 24.1 Å². The third kappa shape index (κ3) is 3.39. The molecule has 2 heterocycles. The van der Waals surface area contributed by atoms with Crippen LogP contribution < -0.4 is 4.90 Å². The molecule has 0 aliphatic carbocycles. The number of rotatable bonds is 4. The van der Waals surface area contributed by atoms with Gasteiger partial charge in [-0.1, -0.05) is 24.3 Å². The second-order valence-corrected chi connectivity index (χ2v) is 5.91. The Balaban J connectivity index is 1.60. The fourth-order valence-electron chi connectivity index (χ4n) is 2.91. The number of halogens is 1. The molecular weight excluding hydrogens is 296 g/mol. The second-order valence-electron chi connectivity index (χ2n) is 5.64. The van der Waals surface area contributed by atoms with Crippen LogP contribution in [0.4, 0.5) is 5.82 Å². The summed E-state index contributed by atoms with van der Waals surface area (Å²) in [6.07, 6.45) is 3.42. The lowest BCUT2D eigenvalue weighted by molar-refractivity contribution is 0.198. The van der Waals surface area contributed by atoms with E-state index in [4.69, 9.17) is 11.6 Å². The number of alkyl halides is 1. The van der Waals surface area contributed by atoms with Gasteiger partial charge in [0.15, 0.2) is 0 Å². The van der Waals surface area contributed by atoms with E-state index in [0.29, 0.717) is 11.9 Å². The van der Waals surface area contributed by atoms with E-state index < -0.39 is 0 Å². The molecule has 0 N–H and O–H groups in total. The van der Waals surface area contributed by atoms with E-state index >= 15 is 0 Å². The van der Waals surface area contributed by atoms with Gasteiger partial charge in [-0.25, -0.2) is 9.97 Å². The SMILES string of the molecule is C[C@H](c1ccc(CCl)cc1)N1CCN(c2ccncn2)CC1. The van der Waals surface area contributed by atoms with Gasteiger partial charge < -0.3 is 4.90 Å². The van der Waals surface area contributed by atoms with Crippen molar-refractivity contribution >= 4 is 17.4 Å². The highest BCUT2D eigenvalue weighted by Crippen LogP contribution is 2.23. The van der Waals surface area contributed by atoms with Crippen molar-refractivity contribution < 1.29 is 0 Å². The van der Waals surface area contributed by atoms with E-state index in [9.17, 15) is 0 Å². The summed E-state index contributed by atoms with van der Waals surface area (Å²) in [5.41, 5.74) is 2.52. The van der Waals surface area contributed by atoms with Crippen LogP contribution in [0.2, 0.25) is 0 Å². The summed E-state index contributed by atoms with van der Waals surface area (Å²) in [5, 5.41) is 0. The van der Waals surface area contributed by atoms with E-state index in [0.717, 1.165) is 32.0 Å². The van der Waals surface area contributed by atoms with Gasteiger partial charge in [-0.2, -0.15) is 0 Å².